The van der Waals surface area contributed by atoms with E-state index in [9.17, 15) is 4.79 Å². The maximum Gasteiger partial charge on any atom is 0.255 e. The first-order valence-corrected chi connectivity index (χ1v) is 6.85. The molecular weight excluding hydrogens is 271 g/mol. The number of carbonyl (C=O) groups excluding carboxylic acids is 1. The maximum absolute atomic E-state index is 12.5. The Labute approximate surface area is 117 Å². The smallest absolute Gasteiger partial charge is 0.255 e. The lowest BCUT2D eigenvalue weighted by Crippen LogP contribution is -2.59. The molecule has 3 nitrogen and oxygen atoms in total. The molecule has 1 heterocycles. The molecule has 0 atom stereocenters. The monoisotopic (exact) mass is 286 g/mol. The molecule has 1 fully saturated rings. The highest BCUT2D eigenvalue weighted by molar-refractivity contribution is 6.36. The third-order valence-corrected chi connectivity index (χ3v) is 3.64. The molecule has 0 radical (unpaired) electrons. The van der Waals surface area contributed by atoms with Crippen molar-refractivity contribution in [3.05, 3.63) is 33.8 Å². The van der Waals surface area contributed by atoms with Gasteiger partial charge >= 0.3 is 0 Å². The van der Waals surface area contributed by atoms with Gasteiger partial charge in [-0.3, -0.25) is 4.79 Å². The van der Waals surface area contributed by atoms with Crippen molar-refractivity contribution in [1.29, 1.82) is 0 Å². The molecule has 0 aliphatic carbocycles. The van der Waals surface area contributed by atoms with Crippen LogP contribution in [-0.4, -0.2) is 36.5 Å². The lowest BCUT2D eigenvalue weighted by molar-refractivity contribution is 0.0616. The number of benzene rings is 1. The van der Waals surface area contributed by atoms with E-state index in [2.05, 4.69) is 12.2 Å². The van der Waals surface area contributed by atoms with Gasteiger partial charge in [0.1, 0.15) is 0 Å². The first-order valence-electron chi connectivity index (χ1n) is 6.10. The van der Waals surface area contributed by atoms with Gasteiger partial charge in [0.2, 0.25) is 0 Å². The Bertz CT molecular complexity index is 447. The minimum absolute atomic E-state index is 0.00924. The molecule has 18 heavy (non-hydrogen) atoms. The first kappa shape index (κ1) is 13.7. The van der Waals surface area contributed by atoms with Gasteiger partial charge in [0.25, 0.3) is 5.91 Å². The quantitative estimate of drug-likeness (QED) is 0.923. The third-order valence-electron chi connectivity index (χ3n) is 3.09. The molecule has 1 aromatic rings. The molecule has 1 aliphatic rings. The summed E-state index contributed by atoms with van der Waals surface area (Å²) < 4.78 is 0. The summed E-state index contributed by atoms with van der Waals surface area (Å²) in [6.07, 6.45) is 0.938. The summed E-state index contributed by atoms with van der Waals surface area (Å²) in [6, 6.07) is 5.29. The van der Waals surface area contributed by atoms with Crippen LogP contribution in [0.15, 0.2) is 18.2 Å². The fourth-order valence-electron chi connectivity index (χ4n) is 2.00. The van der Waals surface area contributed by atoms with E-state index >= 15 is 0 Å². The van der Waals surface area contributed by atoms with Gasteiger partial charge in [0.05, 0.1) is 16.6 Å². The van der Waals surface area contributed by atoms with Gasteiger partial charge in [-0.25, -0.2) is 0 Å². The van der Waals surface area contributed by atoms with E-state index in [0.717, 1.165) is 26.1 Å². The number of nitrogens with one attached hydrogen (secondary N) is 1. The number of carbonyl (C=O) groups is 1. The summed E-state index contributed by atoms with van der Waals surface area (Å²) in [5, 5.41) is 4.14. The van der Waals surface area contributed by atoms with E-state index < -0.39 is 0 Å². The Kier molecular flexibility index (Phi) is 4.49. The van der Waals surface area contributed by atoms with Crippen LogP contribution in [0.2, 0.25) is 10.0 Å². The molecule has 0 bridgehead atoms. The van der Waals surface area contributed by atoms with Gasteiger partial charge in [0.15, 0.2) is 0 Å². The van der Waals surface area contributed by atoms with Crippen LogP contribution < -0.4 is 5.32 Å². The van der Waals surface area contributed by atoms with Crippen molar-refractivity contribution in [3.8, 4) is 0 Å². The normalized spacial score (nSPS) is 15.3. The Hall–Kier alpha value is -0.770. The molecule has 0 saturated carbocycles. The van der Waals surface area contributed by atoms with Crippen molar-refractivity contribution >= 4 is 29.1 Å². The minimum atomic E-state index is -0.00924. The Morgan fingerprint density at radius 3 is 2.67 bits per heavy atom. The van der Waals surface area contributed by atoms with Crippen molar-refractivity contribution < 1.29 is 4.79 Å². The molecule has 0 unspecified atom stereocenters. The van der Waals surface area contributed by atoms with Crippen LogP contribution in [-0.2, 0) is 0 Å². The lowest BCUT2D eigenvalue weighted by Gasteiger charge is -2.38. The van der Waals surface area contributed by atoms with E-state index in [1.54, 1.807) is 18.2 Å². The number of hydrogen-bond donors (Lipinski definition) is 1. The Morgan fingerprint density at radius 1 is 1.44 bits per heavy atom. The van der Waals surface area contributed by atoms with Gasteiger partial charge in [-0.1, -0.05) is 30.1 Å². The number of rotatable bonds is 4. The van der Waals surface area contributed by atoms with Gasteiger partial charge < -0.3 is 10.2 Å². The number of amides is 1. The molecule has 0 aromatic heterocycles. The molecule has 2 rings (SSSR count). The molecule has 1 aliphatic heterocycles. The second-order valence-electron chi connectivity index (χ2n) is 4.43. The second kappa shape index (κ2) is 5.91. The summed E-state index contributed by atoms with van der Waals surface area (Å²) in [7, 11) is 0. The molecule has 0 spiro atoms. The van der Waals surface area contributed by atoms with Crippen LogP contribution in [0.4, 0.5) is 0 Å². The average molecular weight is 287 g/mol. The molecule has 1 N–H and O–H groups in total. The number of halogens is 2. The van der Waals surface area contributed by atoms with E-state index in [0.29, 0.717) is 15.6 Å². The van der Waals surface area contributed by atoms with Crippen molar-refractivity contribution in [2.24, 2.45) is 0 Å². The molecule has 1 saturated heterocycles. The fraction of sp³-hybridized carbons (Fsp3) is 0.462. The van der Waals surface area contributed by atoms with Crippen LogP contribution in [0.3, 0.4) is 0 Å². The van der Waals surface area contributed by atoms with Crippen molar-refractivity contribution in [1.82, 2.24) is 10.2 Å². The minimum Gasteiger partial charge on any atom is -0.333 e. The van der Waals surface area contributed by atoms with Gasteiger partial charge in [-0.2, -0.15) is 0 Å². The topological polar surface area (TPSA) is 32.3 Å². The van der Waals surface area contributed by atoms with Crippen LogP contribution >= 0.6 is 23.2 Å². The van der Waals surface area contributed by atoms with E-state index in [1.165, 1.54) is 0 Å². The predicted octanol–water partition coefficient (Wildman–Crippen LogP) is 2.82. The predicted molar refractivity (Wildman–Crippen MR) is 74.4 cm³/mol. The van der Waals surface area contributed by atoms with Gasteiger partial charge in [-0.15, -0.1) is 0 Å². The first-order chi connectivity index (χ1) is 8.63. The van der Waals surface area contributed by atoms with E-state index in [-0.39, 0.29) is 11.9 Å². The van der Waals surface area contributed by atoms with Crippen LogP contribution in [0.5, 0.6) is 0 Å². The molecule has 1 aromatic carbocycles. The van der Waals surface area contributed by atoms with Crippen LogP contribution in [0, 0.1) is 0 Å². The largest absolute Gasteiger partial charge is 0.333 e. The highest BCUT2D eigenvalue weighted by atomic mass is 35.5. The SMILES string of the molecule is CCCN(C(=O)c1ccc(Cl)cc1Cl)C1CNC1. The lowest BCUT2D eigenvalue weighted by atomic mass is 10.1. The highest BCUT2D eigenvalue weighted by Gasteiger charge is 2.29. The number of hydrogen-bond acceptors (Lipinski definition) is 2. The fourth-order valence-corrected chi connectivity index (χ4v) is 2.49. The zero-order chi connectivity index (χ0) is 13.1. The zero-order valence-electron chi connectivity index (χ0n) is 10.2. The summed E-state index contributed by atoms with van der Waals surface area (Å²) >= 11 is 11.9. The van der Waals surface area contributed by atoms with Crippen molar-refractivity contribution in [3.63, 3.8) is 0 Å². The summed E-state index contributed by atoms with van der Waals surface area (Å²) in [5.41, 5.74) is 0.529. The maximum atomic E-state index is 12.5. The summed E-state index contributed by atoms with van der Waals surface area (Å²) in [5.74, 6) is -0.00924. The molecule has 98 valence electrons. The number of nitrogens with zero attached hydrogens (tertiary/aromatic N) is 1. The van der Waals surface area contributed by atoms with E-state index in [1.807, 2.05) is 4.90 Å². The molecular formula is C13H16Cl2N2O. The Morgan fingerprint density at radius 2 is 2.17 bits per heavy atom. The van der Waals surface area contributed by atoms with Crippen LogP contribution in [0.25, 0.3) is 0 Å². The van der Waals surface area contributed by atoms with Crippen molar-refractivity contribution in [2.45, 2.75) is 19.4 Å². The average Bonchev–Trinajstić information content (AvgIpc) is 2.25. The standard InChI is InChI=1S/C13H16Cl2N2O/c1-2-5-17(10-7-16-8-10)13(18)11-4-3-9(14)6-12(11)15/h3-4,6,10,16H,2,5,7-8H2,1H3. The molecule has 1 amide bonds. The Balaban J connectivity index is 2.21. The second-order valence-corrected chi connectivity index (χ2v) is 5.28. The third kappa shape index (κ3) is 2.79. The molecule has 5 heteroatoms. The highest BCUT2D eigenvalue weighted by Crippen LogP contribution is 2.23. The summed E-state index contributed by atoms with van der Waals surface area (Å²) in [4.78, 5) is 14.4. The van der Waals surface area contributed by atoms with Crippen molar-refractivity contribution in [2.75, 3.05) is 19.6 Å². The van der Waals surface area contributed by atoms with E-state index in [4.69, 9.17) is 23.2 Å². The zero-order valence-corrected chi connectivity index (χ0v) is 11.8. The van der Waals surface area contributed by atoms with Gasteiger partial charge in [-0.05, 0) is 24.6 Å². The van der Waals surface area contributed by atoms with Gasteiger partial charge in [0, 0.05) is 24.7 Å². The van der Waals surface area contributed by atoms with Crippen LogP contribution in [0.1, 0.15) is 23.7 Å². The summed E-state index contributed by atoms with van der Waals surface area (Å²) in [6.45, 7) is 4.54.